The number of alkyl halides is 3. The SMILES string of the molecule is COc1cc(SN)ccc1NCC#Cc1cc2c(NC3CCN(CCOC(C)(C)OC)CC3)cccc2n1CC(F)(F)F. The van der Waals surface area contributed by atoms with Gasteiger partial charge in [-0.3, -0.25) is 5.14 Å². The molecule has 43 heavy (non-hydrogen) atoms. The maximum absolute atomic E-state index is 13.6. The van der Waals surface area contributed by atoms with Crippen LogP contribution in [0.15, 0.2) is 47.4 Å². The van der Waals surface area contributed by atoms with Gasteiger partial charge in [-0.25, -0.2) is 0 Å². The topological polar surface area (TPSA) is 85.9 Å². The second-order valence-corrected chi connectivity index (χ2v) is 11.5. The van der Waals surface area contributed by atoms with Gasteiger partial charge in [0.2, 0.25) is 0 Å². The predicted molar refractivity (Wildman–Crippen MR) is 167 cm³/mol. The van der Waals surface area contributed by atoms with Gasteiger partial charge < -0.3 is 34.3 Å². The van der Waals surface area contributed by atoms with Crippen LogP contribution < -0.4 is 20.5 Å². The highest BCUT2D eigenvalue weighted by Crippen LogP contribution is 2.32. The van der Waals surface area contributed by atoms with Gasteiger partial charge in [0.1, 0.15) is 12.3 Å². The lowest BCUT2D eigenvalue weighted by molar-refractivity contribution is -0.198. The number of aromatic nitrogens is 1. The van der Waals surface area contributed by atoms with E-state index in [1.54, 1.807) is 38.5 Å². The van der Waals surface area contributed by atoms with E-state index in [4.69, 9.17) is 19.3 Å². The van der Waals surface area contributed by atoms with Crippen molar-refractivity contribution in [1.29, 1.82) is 0 Å². The number of nitrogens with zero attached hydrogens (tertiary/aromatic N) is 2. The van der Waals surface area contributed by atoms with Crippen molar-refractivity contribution in [1.82, 2.24) is 9.47 Å². The van der Waals surface area contributed by atoms with Crippen molar-refractivity contribution in [2.75, 3.05) is 57.6 Å². The third kappa shape index (κ3) is 9.20. The number of benzene rings is 2. The third-order valence-corrected chi connectivity index (χ3v) is 8.00. The monoisotopic (exact) mass is 619 g/mol. The molecule has 0 amide bonds. The van der Waals surface area contributed by atoms with Crippen LogP contribution in [0.3, 0.4) is 0 Å². The van der Waals surface area contributed by atoms with E-state index in [9.17, 15) is 13.2 Å². The number of anilines is 2. The van der Waals surface area contributed by atoms with E-state index < -0.39 is 18.5 Å². The second kappa shape index (κ2) is 14.6. The van der Waals surface area contributed by atoms with E-state index >= 15 is 0 Å². The molecule has 4 rings (SSSR count). The van der Waals surface area contributed by atoms with E-state index in [1.807, 2.05) is 32.0 Å². The Labute approximate surface area is 255 Å². The molecule has 2 heterocycles. The van der Waals surface area contributed by atoms with E-state index in [0.717, 1.165) is 60.4 Å². The zero-order valence-electron chi connectivity index (χ0n) is 25.0. The summed E-state index contributed by atoms with van der Waals surface area (Å²) in [6.45, 7) is 6.08. The Kier molecular flexibility index (Phi) is 11.1. The number of methoxy groups -OCH3 is 2. The van der Waals surface area contributed by atoms with Gasteiger partial charge in [0.25, 0.3) is 0 Å². The molecule has 0 atom stereocenters. The molecule has 8 nitrogen and oxygen atoms in total. The number of halogens is 3. The number of hydrogen-bond acceptors (Lipinski definition) is 8. The molecular formula is C31H40F3N5O3S. The second-order valence-electron chi connectivity index (χ2n) is 10.8. The van der Waals surface area contributed by atoms with Gasteiger partial charge in [-0.2, -0.15) is 13.2 Å². The number of piperidine rings is 1. The van der Waals surface area contributed by atoms with Gasteiger partial charge >= 0.3 is 6.18 Å². The van der Waals surface area contributed by atoms with Crippen LogP contribution in [-0.2, 0) is 16.0 Å². The quantitative estimate of drug-likeness (QED) is 0.131. The van der Waals surface area contributed by atoms with Crippen LogP contribution in [-0.4, -0.2) is 74.5 Å². The fraction of sp³-hybridized carbons (Fsp3) is 0.484. The molecule has 3 aromatic rings. The lowest BCUT2D eigenvalue weighted by atomic mass is 10.0. The van der Waals surface area contributed by atoms with Crippen LogP contribution in [0.2, 0.25) is 0 Å². The first-order chi connectivity index (χ1) is 20.5. The molecule has 1 aliphatic rings. The first-order valence-corrected chi connectivity index (χ1v) is 15.0. The van der Waals surface area contributed by atoms with Crippen molar-refractivity contribution in [3.63, 3.8) is 0 Å². The average Bonchev–Trinajstić information content (AvgIpc) is 3.32. The first-order valence-electron chi connectivity index (χ1n) is 14.2. The summed E-state index contributed by atoms with van der Waals surface area (Å²) in [6, 6.07) is 12.8. The molecule has 4 N–H and O–H groups in total. The summed E-state index contributed by atoms with van der Waals surface area (Å²) >= 11 is 1.11. The summed E-state index contributed by atoms with van der Waals surface area (Å²) in [7, 11) is 3.19. The molecule has 2 aromatic carbocycles. The van der Waals surface area contributed by atoms with Gasteiger partial charge in [-0.15, -0.1) is 0 Å². The number of ether oxygens (including phenoxy) is 3. The Morgan fingerprint density at radius 3 is 2.51 bits per heavy atom. The number of nitrogens with one attached hydrogen (secondary N) is 2. The highest BCUT2D eigenvalue weighted by molar-refractivity contribution is 7.97. The fourth-order valence-corrected chi connectivity index (χ4v) is 5.35. The Morgan fingerprint density at radius 1 is 1.07 bits per heavy atom. The predicted octanol–water partition coefficient (Wildman–Crippen LogP) is 5.92. The Bertz CT molecular complexity index is 1430. The van der Waals surface area contributed by atoms with Crippen LogP contribution in [0.25, 0.3) is 10.9 Å². The highest BCUT2D eigenvalue weighted by Gasteiger charge is 2.30. The van der Waals surface area contributed by atoms with E-state index in [-0.39, 0.29) is 12.6 Å². The molecule has 1 fully saturated rings. The van der Waals surface area contributed by atoms with Gasteiger partial charge in [-0.1, -0.05) is 12.0 Å². The van der Waals surface area contributed by atoms with E-state index in [0.29, 0.717) is 29.3 Å². The van der Waals surface area contributed by atoms with Crippen molar-refractivity contribution < 1.29 is 27.4 Å². The molecular weight excluding hydrogens is 579 g/mol. The van der Waals surface area contributed by atoms with Crippen LogP contribution in [0.1, 0.15) is 32.4 Å². The third-order valence-electron chi connectivity index (χ3n) is 7.47. The normalized spacial score (nSPS) is 14.9. The van der Waals surface area contributed by atoms with Crippen molar-refractivity contribution in [3.8, 4) is 17.6 Å². The zero-order chi connectivity index (χ0) is 31.0. The number of fused-ring (bicyclic) bond motifs is 1. The Hall–Kier alpha value is -3.08. The summed E-state index contributed by atoms with van der Waals surface area (Å²) in [5, 5.41) is 13.1. The number of hydrogen-bond donors (Lipinski definition) is 3. The van der Waals surface area contributed by atoms with Crippen molar-refractivity contribution in [2.24, 2.45) is 5.14 Å². The fourth-order valence-electron chi connectivity index (χ4n) is 5.03. The molecule has 1 aromatic heterocycles. The number of likely N-dealkylation sites (tertiary alicyclic amines) is 1. The molecule has 1 saturated heterocycles. The molecule has 0 radical (unpaired) electrons. The number of nitrogens with two attached hydrogens (primary N) is 1. The minimum atomic E-state index is -4.39. The van der Waals surface area contributed by atoms with Gasteiger partial charge in [-0.05, 0) is 81.0 Å². The summed E-state index contributed by atoms with van der Waals surface area (Å²) in [4.78, 5) is 3.20. The van der Waals surface area contributed by atoms with Crippen LogP contribution in [0, 0.1) is 11.8 Å². The molecule has 0 bridgehead atoms. The average molecular weight is 620 g/mol. The highest BCUT2D eigenvalue weighted by atomic mass is 32.2. The molecule has 0 saturated carbocycles. The standard InChI is InChI=1S/C31H40F3N5O3S/c1-30(2,41-4)42-18-17-38-15-12-22(13-16-38)37-26-8-5-9-28-25(26)19-23(39(28)21-31(32,33)34)7-6-14-36-27-11-10-24(43-35)20-29(27)40-3/h5,8-11,19-20,22,36-37H,12-18,21,35H2,1-4H3. The van der Waals surface area contributed by atoms with Gasteiger partial charge in [0, 0.05) is 48.8 Å². The van der Waals surface area contributed by atoms with Crippen LogP contribution in [0.5, 0.6) is 5.75 Å². The minimum Gasteiger partial charge on any atom is -0.495 e. The van der Waals surface area contributed by atoms with Crippen LogP contribution in [0.4, 0.5) is 24.5 Å². The van der Waals surface area contributed by atoms with Crippen LogP contribution >= 0.6 is 11.9 Å². The summed E-state index contributed by atoms with van der Waals surface area (Å²) < 4.78 is 58.6. The summed E-state index contributed by atoms with van der Waals surface area (Å²) in [6.07, 6.45) is -2.56. The van der Waals surface area contributed by atoms with Gasteiger partial charge in [0.05, 0.1) is 37.2 Å². The smallest absolute Gasteiger partial charge is 0.406 e. The molecule has 0 unspecified atom stereocenters. The Morgan fingerprint density at radius 2 is 1.84 bits per heavy atom. The first kappa shape index (κ1) is 32.8. The molecule has 12 heteroatoms. The minimum absolute atomic E-state index is 0.210. The molecule has 1 aliphatic heterocycles. The summed E-state index contributed by atoms with van der Waals surface area (Å²) in [5.74, 6) is 5.93. The molecule has 0 spiro atoms. The molecule has 0 aliphatic carbocycles. The van der Waals surface area contributed by atoms with Crippen molar-refractivity contribution in [3.05, 3.63) is 48.2 Å². The lowest BCUT2D eigenvalue weighted by Crippen LogP contribution is -2.41. The van der Waals surface area contributed by atoms with Crippen molar-refractivity contribution >= 4 is 34.2 Å². The number of rotatable bonds is 12. The molecule has 234 valence electrons. The largest absolute Gasteiger partial charge is 0.495 e. The van der Waals surface area contributed by atoms with E-state index in [2.05, 4.69) is 27.4 Å². The maximum Gasteiger partial charge on any atom is 0.406 e. The lowest BCUT2D eigenvalue weighted by Gasteiger charge is -2.33. The van der Waals surface area contributed by atoms with E-state index in [1.165, 1.54) is 4.57 Å². The maximum atomic E-state index is 13.6. The zero-order valence-corrected chi connectivity index (χ0v) is 25.8. The van der Waals surface area contributed by atoms with Crippen molar-refractivity contribution in [2.45, 2.75) is 56.1 Å². The Balaban J connectivity index is 1.46. The summed E-state index contributed by atoms with van der Waals surface area (Å²) in [5.41, 5.74) is 2.32. The van der Waals surface area contributed by atoms with Gasteiger partial charge in [0.15, 0.2) is 5.79 Å².